The summed E-state index contributed by atoms with van der Waals surface area (Å²) in [6, 6.07) is 0. The molecule has 0 aromatic carbocycles. The Labute approximate surface area is 105 Å². The zero-order valence-corrected chi connectivity index (χ0v) is 11.0. The molecule has 0 aromatic rings. The fraction of sp³-hybridized carbons (Fsp3) is 0.750. The molecule has 1 aliphatic rings. The highest BCUT2D eigenvalue weighted by Crippen LogP contribution is 2.35. The van der Waals surface area contributed by atoms with E-state index in [1.165, 1.54) is 0 Å². The zero-order valence-electron chi connectivity index (χ0n) is 7.10. The van der Waals surface area contributed by atoms with Gasteiger partial charge in [0.15, 0.2) is 11.6 Å². The van der Waals surface area contributed by atoms with Gasteiger partial charge in [-0.1, -0.05) is 57.2 Å². The summed E-state index contributed by atoms with van der Waals surface area (Å²) in [6.45, 7) is 0. The molecule has 2 unspecified atom stereocenters. The molecule has 0 spiro atoms. The Morgan fingerprint density at radius 2 is 1.93 bits per heavy atom. The van der Waals surface area contributed by atoms with Gasteiger partial charge in [-0.3, -0.25) is 9.59 Å². The second kappa shape index (κ2) is 4.69. The molecule has 6 heteroatoms. The third-order valence-electron chi connectivity index (χ3n) is 2.20. The van der Waals surface area contributed by atoms with Crippen molar-refractivity contribution in [3.8, 4) is 0 Å². The Morgan fingerprint density at radius 3 is 2.43 bits per heavy atom. The number of rotatable bonds is 1. The number of halogens is 4. The number of carbonyl (C=O) groups excluding carboxylic acids is 2. The van der Waals surface area contributed by atoms with E-state index in [9.17, 15) is 9.59 Å². The Balaban J connectivity index is 2.77. The van der Waals surface area contributed by atoms with Gasteiger partial charge in [0.25, 0.3) is 0 Å². The minimum Gasteiger partial charge on any atom is -0.298 e. The average Bonchev–Trinajstić information content (AvgIpc) is 2.07. The van der Waals surface area contributed by atoms with Crippen LogP contribution in [0.25, 0.3) is 0 Å². The van der Waals surface area contributed by atoms with Crippen molar-refractivity contribution in [1.82, 2.24) is 0 Å². The van der Waals surface area contributed by atoms with Crippen molar-refractivity contribution in [1.29, 1.82) is 0 Å². The maximum Gasteiger partial charge on any atom is 0.249 e. The SMILES string of the molecule is O=C1C(Br)CCCC1C(=O)C(Cl)(Cl)Cl. The van der Waals surface area contributed by atoms with Crippen molar-refractivity contribution in [3.63, 3.8) is 0 Å². The van der Waals surface area contributed by atoms with E-state index < -0.39 is 15.5 Å². The summed E-state index contributed by atoms with van der Waals surface area (Å²) in [5, 5.41) is 0. The lowest BCUT2D eigenvalue weighted by Gasteiger charge is -2.25. The Morgan fingerprint density at radius 1 is 1.36 bits per heavy atom. The molecule has 2 atom stereocenters. The first-order chi connectivity index (χ1) is 6.34. The lowest BCUT2D eigenvalue weighted by atomic mass is 9.85. The minimum atomic E-state index is -1.98. The first-order valence-electron chi connectivity index (χ1n) is 4.13. The van der Waals surface area contributed by atoms with Crippen LogP contribution >= 0.6 is 50.7 Å². The summed E-state index contributed by atoms with van der Waals surface area (Å²) in [5.74, 6) is -1.55. The topological polar surface area (TPSA) is 34.1 Å². The highest BCUT2D eigenvalue weighted by Gasteiger charge is 2.43. The van der Waals surface area contributed by atoms with Gasteiger partial charge >= 0.3 is 0 Å². The lowest BCUT2D eigenvalue weighted by molar-refractivity contribution is -0.133. The molecule has 0 aliphatic heterocycles. The van der Waals surface area contributed by atoms with E-state index in [2.05, 4.69) is 15.9 Å². The number of hydrogen-bond acceptors (Lipinski definition) is 2. The van der Waals surface area contributed by atoms with Crippen LogP contribution in [0.2, 0.25) is 0 Å². The molecule has 14 heavy (non-hydrogen) atoms. The number of hydrogen-bond donors (Lipinski definition) is 0. The van der Waals surface area contributed by atoms with Crippen LogP contribution in [0.4, 0.5) is 0 Å². The molecule has 0 N–H and O–H groups in total. The molecule has 1 fully saturated rings. The number of ketones is 2. The summed E-state index contributed by atoms with van der Waals surface area (Å²) >= 11 is 19.5. The molecule has 0 radical (unpaired) electrons. The van der Waals surface area contributed by atoms with Gasteiger partial charge in [-0.05, 0) is 12.8 Å². The third kappa shape index (κ3) is 2.84. The van der Waals surface area contributed by atoms with E-state index in [-0.39, 0.29) is 10.6 Å². The van der Waals surface area contributed by atoms with Crippen molar-refractivity contribution in [2.75, 3.05) is 0 Å². The first kappa shape index (κ1) is 12.8. The molecular weight excluding hydrogens is 314 g/mol. The number of alkyl halides is 4. The average molecular weight is 322 g/mol. The van der Waals surface area contributed by atoms with E-state index in [1.807, 2.05) is 0 Å². The summed E-state index contributed by atoms with van der Waals surface area (Å²) in [6.07, 6.45) is 2.01. The van der Waals surface area contributed by atoms with Gasteiger partial charge in [0.05, 0.1) is 10.7 Å². The van der Waals surface area contributed by atoms with Crippen LogP contribution < -0.4 is 0 Å². The molecule has 1 saturated carbocycles. The van der Waals surface area contributed by atoms with Gasteiger partial charge in [0.2, 0.25) is 3.79 Å². The first-order valence-corrected chi connectivity index (χ1v) is 6.18. The fourth-order valence-corrected chi connectivity index (χ4v) is 2.50. The summed E-state index contributed by atoms with van der Waals surface area (Å²) in [7, 11) is 0. The van der Waals surface area contributed by atoms with Gasteiger partial charge < -0.3 is 0 Å². The maximum atomic E-state index is 11.6. The van der Waals surface area contributed by atoms with Gasteiger partial charge in [-0.2, -0.15) is 0 Å². The Kier molecular flexibility index (Phi) is 4.27. The van der Waals surface area contributed by atoms with Crippen molar-refractivity contribution < 1.29 is 9.59 Å². The van der Waals surface area contributed by atoms with Crippen molar-refractivity contribution >= 4 is 62.3 Å². The van der Waals surface area contributed by atoms with Crippen LogP contribution in [0.5, 0.6) is 0 Å². The van der Waals surface area contributed by atoms with E-state index >= 15 is 0 Å². The second-order valence-corrected chi connectivity index (χ2v) is 6.60. The highest BCUT2D eigenvalue weighted by atomic mass is 79.9. The molecule has 0 heterocycles. The van der Waals surface area contributed by atoms with Crippen LogP contribution in [-0.2, 0) is 9.59 Å². The molecule has 0 bridgehead atoms. The fourth-order valence-electron chi connectivity index (χ4n) is 1.46. The normalized spacial score (nSPS) is 29.0. The van der Waals surface area contributed by atoms with Crippen LogP contribution in [0.1, 0.15) is 19.3 Å². The molecule has 0 aromatic heterocycles. The minimum absolute atomic E-state index is 0.174. The highest BCUT2D eigenvalue weighted by molar-refractivity contribution is 9.10. The largest absolute Gasteiger partial charge is 0.298 e. The van der Waals surface area contributed by atoms with Gasteiger partial charge in [0, 0.05) is 0 Å². The Bertz CT molecular complexity index is 262. The molecule has 2 nitrogen and oxygen atoms in total. The van der Waals surface area contributed by atoms with Crippen LogP contribution in [0.15, 0.2) is 0 Å². The molecule has 0 amide bonds. The quantitative estimate of drug-likeness (QED) is 0.549. The van der Waals surface area contributed by atoms with Gasteiger partial charge in [-0.25, -0.2) is 0 Å². The predicted molar refractivity (Wildman–Crippen MR) is 60.4 cm³/mol. The maximum absolute atomic E-state index is 11.6. The summed E-state index contributed by atoms with van der Waals surface area (Å²) in [5.41, 5.74) is 0. The van der Waals surface area contributed by atoms with Crippen LogP contribution in [0, 0.1) is 5.92 Å². The van der Waals surface area contributed by atoms with Crippen molar-refractivity contribution in [2.24, 2.45) is 5.92 Å². The van der Waals surface area contributed by atoms with Crippen molar-refractivity contribution in [2.45, 2.75) is 27.9 Å². The van der Waals surface area contributed by atoms with E-state index in [1.54, 1.807) is 0 Å². The smallest absolute Gasteiger partial charge is 0.249 e. The van der Waals surface area contributed by atoms with Gasteiger partial charge in [-0.15, -0.1) is 0 Å². The molecule has 80 valence electrons. The predicted octanol–water partition coefficient (Wildman–Crippen LogP) is 3.06. The van der Waals surface area contributed by atoms with E-state index in [4.69, 9.17) is 34.8 Å². The second-order valence-electron chi connectivity index (χ2n) is 3.22. The van der Waals surface area contributed by atoms with Crippen LogP contribution in [-0.4, -0.2) is 20.2 Å². The monoisotopic (exact) mass is 320 g/mol. The molecule has 0 saturated heterocycles. The third-order valence-corrected chi connectivity index (χ3v) is 3.67. The number of Topliss-reactive ketones (excluding diaryl/α,β-unsaturated/α-hetero) is 2. The Hall–Kier alpha value is 0.690. The van der Waals surface area contributed by atoms with Gasteiger partial charge in [0.1, 0.15) is 0 Å². The van der Waals surface area contributed by atoms with E-state index in [0.29, 0.717) is 6.42 Å². The molecular formula is C8H8BrCl3O2. The molecule has 1 rings (SSSR count). The van der Waals surface area contributed by atoms with Crippen LogP contribution in [0.3, 0.4) is 0 Å². The van der Waals surface area contributed by atoms with Crippen molar-refractivity contribution in [3.05, 3.63) is 0 Å². The molecule has 1 aliphatic carbocycles. The lowest BCUT2D eigenvalue weighted by Crippen LogP contribution is -2.39. The zero-order chi connectivity index (χ0) is 10.9. The summed E-state index contributed by atoms with van der Waals surface area (Å²) in [4.78, 5) is 22.8. The summed E-state index contributed by atoms with van der Waals surface area (Å²) < 4.78 is -1.98. The van der Waals surface area contributed by atoms with E-state index in [0.717, 1.165) is 12.8 Å². The standard InChI is InChI=1S/C8H8BrCl3O2/c9-5-3-1-2-4(6(5)13)7(14)8(10,11)12/h4-5H,1-3H2. The number of carbonyl (C=O) groups is 2.